The zero-order valence-corrected chi connectivity index (χ0v) is 19.1. The fourth-order valence-electron chi connectivity index (χ4n) is 4.40. The van der Waals surface area contributed by atoms with Gasteiger partial charge in [-0.25, -0.2) is 9.07 Å². The second-order valence-corrected chi connectivity index (χ2v) is 8.90. The lowest BCUT2D eigenvalue weighted by atomic mass is 10.1. The number of nitrogens with zero attached hydrogens (tertiary/aromatic N) is 5. The van der Waals surface area contributed by atoms with Gasteiger partial charge in [0.25, 0.3) is 5.56 Å². The first-order valence-electron chi connectivity index (χ1n) is 11.5. The van der Waals surface area contributed by atoms with Crippen molar-refractivity contribution in [1.82, 2.24) is 30.1 Å². The Morgan fingerprint density at radius 3 is 2.82 bits per heavy atom. The molecule has 1 fully saturated rings. The lowest BCUT2D eigenvalue weighted by Gasteiger charge is -2.24. The summed E-state index contributed by atoms with van der Waals surface area (Å²) in [7, 11) is 0. The average Bonchev–Trinajstić information content (AvgIpc) is 3.48. The summed E-state index contributed by atoms with van der Waals surface area (Å²) >= 11 is 0. The molecular formula is C25H27FN6O2. The minimum Gasteiger partial charge on any atom is -0.377 e. The van der Waals surface area contributed by atoms with Gasteiger partial charge in [0.2, 0.25) is 0 Å². The Kier molecular flexibility index (Phi) is 6.46. The van der Waals surface area contributed by atoms with Gasteiger partial charge < -0.3 is 9.72 Å². The number of ether oxygens (including phenoxy) is 1. The molecule has 0 amide bonds. The second kappa shape index (κ2) is 9.82. The summed E-state index contributed by atoms with van der Waals surface area (Å²) in [5, 5.41) is 13.2. The predicted molar refractivity (Wildman–Crippen MR) is 126 cm³/mol. The van der Waals surface area contributed by atoms with E-state index in [1.165, 1.54) is 12.1 Å². The highest BCUT2D eigenvalue weighted by atomic mass is 19.1. The average molecular weight is 463 g/mol. The van der Waals surface area contributed by atoms with Crippen molar-refractivity contribution in [3.63, 3.8) is 0 Å². The van der Waals surface area contributed by atoms with Crippen LogP contribution in [0.3, 0.4) is 0 Å². The smallest absolute Gasteiger partial charge is 0.252 e. The zero-order chi connectivity index (χ0) is 23.5. The Morgan fingerprint density at radius 1 is 1.18 bits per heavy atom. The van der Waals surface area contributed by atoms with E-state index in [-0.39, 0.29) is 17.5 Å². The number of aromatic nitrogens is 5. The van der Waals surface area contributed by atoms with Crippen molar-refractivity contribution >= 4 is 10.9 Å². The molecule has 8 nitrogen and oxygen atoms in total. The van der Waals surface area contributed by atoms with E-state index in [9.17, 15) is 9.18 Å². The van der Waals surface area contributed by atoms with Crippen LogP contribution in [-0.4, -0.2) is 49.3 Å². The number of rotatable bonds is 8. The van der Waals surface area contributed by atoms with Gasteiger partial charge in [0, 0.05) is 30.8 Å². The van der Waals surface area contributed by atoms with E-state index >= 15 is 0 Å². The van der Waals surface area contributed by atoms with E-state index in [2.05, 4.69) is 25.4 Å². The van der Waals surface area contributed by atoms with Gasteiger partial charge in [-0.1, -0.05) is 24.3 Å². The van der Waals surface area contributed by atoms with Crippen molar-refractivity contribution in [3.05, 3.63) is 87.2 Å². The van der Waals surface area contributed by atoms with Gasteiger partial charge in [-0.2, -0.15) is 0 Å². The van der Waals surface area contributed by atoms with E-state index in [4.69, 9.17) is 4.74 Å². The van der Waals surface area contributed by atoms with Crippen molar-refractivity contribution in [2.45, 2.75) is 45.5 Å². The lowest BCUT2D eigenvalue weighted by molar-refractivity contribution is 0.0663. The topological polar surface area (TPSA) is 88.9 Å². The number of aromatic amines is 1. The number of fused-ring (bicyclic) bond motifs is 1. The molecule has 0 bridgehead atoms. The molecule has 2 aromatic carbocycles. The summed E-state index contributed by atoms with van der Waals surface area (Å²) in [5.74, 6) is 0.398. The molecule has 1 aliphatic rings. The number of tetrazole rings is 1. The number of hydrogen-bond donors (Lipinski definition) is 1. The third-order valence-electron chi connectivity index (χ3n) is 6.17. The van der Waals surface area contributed by atoms with Gasteiger partial charge in [0.15, 0.2) is 5.82 Å². The Labute approximate surface area is 196 Å². The highest BCUT2D eigenvalue weighted by Crippen LogP contribution is 2.18. The monoisotopic (exact) mass is 462 g/mol. The highest BCUT2D eigenvalue weighted by Gasteiger charge is 2.22. The van der Waals surface area contributed by atoms with Crippen molar-refractivity contribution in [1.29, 1.82) is 0 Å². The Balaban J connectivity index is 1.39. The van der Waals surface area contributed by atoms with Crippen LogP contribution in [-0.2, 0) is 24.4 Å². The minimum absolute atomic E-state index is 0.0960. The van der Waals surface area contributed by atoms with Gasteiger partial charge >= 0.3 is 0 Å². The van der Waals surface area contributed by atoms with Crippen molar-refractivity contribution in [2.24, 2.45) is 0 Å². The molecule has 9 heteroatoms. The maximum atomic E-state index is 13.3. The van der Waals surface area contributed by atoms with Crippen LogP contribution in [0.1, 0.15) is 35.4 Å². The maximum absolute atomic E-state index is 13.3. The van der Waals surface area contributed by atoms with Gasteiger partial charge in [-0.15, -0.1) is 5.10 Å². The molecule has 0 spiro atoms. The summed E-state index contributed by atoms with van der Waals surface area (Å²) in [5.41, 5.74) is 3.43. The molecule has 0 aliphatic carbocycles. The first-order valence-corrected chi connectivity index (χ1v) is 11.5. The minimum atomic E-state index is -0.279. The molecular weight excluding hydrogens is 435 g/mol. The number of H-pyrrole nitrogens is 1. The SMILES string of the molecule is Cc1ccc2cc(CN(Cc3nnnn3Cc3ccc(F)cc3)CC3CCCO3)c(=O)[nH]c2c1. The number of aryl methyl sites for hydroxylation is 1. The van der Waals surface area contributed by atoms with E-state index in [1.54, 1.807) is 16.8 Å². The summed E-state index contributed by atoms with van der Waals surface area (Å²) in [6.07, 6.45) is 2.14. The maximum Gasteiger partial charge on any atom is 0.252 e. The second-order valence-electron chi connectivity index (χ2n) is 8.90. The molecule has 1 saturated heterocycles. The van der Waals surface area contributed by atoms with Crippen molar-refractivity contribution in [3.8, 4) is 0 Å². The predicted octanol–water partition coefficient (Wildman–Crippen LogP) is 3.19. The number of pyridine rings is 1. The van der Waals surface area contributed by atoms with Crippen LogP contribution < -0.4 is 5.56 Å². The van der Waals surface area contributed by atoms with Crippen LogP contribution in [0.5, 0.6) is 0 Å². The molecule has 34 heavy (non-hydrogen) atoms. The molecule has 1 unspecified atom stereocenters. The largest absolute Gasteiger partial charge is 0.377 e. The quantitative estimate of drug-likeness (QED) is 0.433. The molecule has 0 radical (unpaired) electrons. The highest BCUT2D eigenvalue weighted by molar-refractivity contribution is 5.79. The van der Waals surface area contributed by atoms with Gasteiger partial charge in [0.05, 0.1) is 19.2 Å². The summed E-state index contributed by atoms with van der Waals surface area (Å²) in [6, 6.07) is 14.3. The number of hydrogen-bond acceptors (Lipinski definition) is 6. The molecule has 5 rings (SSSR count). The van der Waals surface area contributed by atoms with Crippen molar-refractivity contribution in [2.75, 3.05) is 13.2 Å². The first kappa shape index (κ1) is 22.4. The van der Waals surface area contributed by atoms with E-state index in [1.807, 2.05) is 31.2 Å². The van der Waals surface area contributed by atoms with Crippen LogP contribution in [0, 0.1) is 12.7 Å². The summed E-state index contributed by atoms with van der Waals surface area (Å²) in [6.45, 7) is 4.78. The third kappa shape index (κ3) is 5.21. The molecule has 2 aromatic heterocycles. The normalized spacial score (nSPS) is 16.0. The molecule has 4 aromatic rings. The summed E-state index contributed by atoms with van der Waals surface area (Å²) < 4.78 is 20.9. The zero-order valence-electron chi connectivity index (χ0n) is 19.1. The molecule has 3 heterocycles. The van der Waals surface area contributed by atoms with Crippen LogP contribution in [0.4, 0.5) is 4.39 Å². The molecule has 1 N–H and O–H groups in total. The lowest BCUT2D eigenvalue weighted by Crippen LogP contribution is -2.34. The van der Waals surface area contributed by atoms with Gasteiger partial charge in [-0.3, -0.25) is 9.69 Å². The Morgan fingerprint density at radius 2 is 2.03 bits per heavy atom. The number of nitrogens with one attached hydrogen (secondary N) is 1. The van der Waals surface area contributed by atoms with Crippen molar-refractivity contribution < 1.29 is 9.13 Å². The fourth-order valence-corrected chi connectivity index (χ4v) is 4.40. The Hall–Kier alpha value is -3.43. The van der Waals surface area contributed by atoms with E-state index in [0.29, 0.717) is 37.6 Å². The van der Waals surface area contributed by atoms with Gasteiger partial charge in [-0.05, 0) is 71.0 Å². The van der Waals surface area contributed by atoms with E-state index < -0.39 is 0 Å². The molecule has 1 aliphatic heterocycles. The summed E-state index contributed by atoms with van der Waals surface area (Å²) in [4.78, 5) is 18.0. The first-order chi connectivity index (χ1) is 16.5. The fraction of sp³-hybridized carbons (Fsp3) is 0.360. The standard InChI is InChI=1S/C25H27FN6O2/c1-17-4-7-19-12-20(25(33)27-23(19)11-17)14-31(15-22-3-2-10-34-22)16-24-28-29-30-32(24)13-18-5-8-21(26)9-6-18/h4-9,11-12,22H,2-3,10,13-16H2,1H3,(H,27,33). The molecule has 0 saturated carbocycles. The molecule has 176 valence electrons. The number of halogens is 1. The van der Waals surface area contributed by atoms with Crippen LogP contribution in [0.25, 0.3) is 10.9 Å². The van der Waals surface area contributed by atoms with Gasteiger partial charge in [0.1, 0.15) is 5.82 Å². The molecule has 1 atom stereocenters. The van der Waals surface area contributed by atoms with Crippen LogP contribution >= 0.6 is 0 Å². The van der Waals surface area contributed by atoms with Crippen LogP contribution in [0.2, 0.25) is 0 Å². The van der Waals surface area contributed by atoms with E-state index in [0.717, 1.165) is 41.5 Å². The van der Waals surface area contributed by atoms with Crippen LogP contribution in [0.15, 0.2) is 53.3 Å². The number of benzene rings is 2. The Bertz CT molecular complexity index is 1330. The third-order valence-corrected chi connectivity index (χ3v) is 6.17.